The Morgan fingerprint density at radius 2 is 2.19 bits per heavy atom. The number of non-ortho nitro benzene ring substituents is 1. The second-order valence-corrected chi connectivity index (χ2v) is 4.35. The summed E-state index contributed by atoms with van der Waals surface area (Å²) in [7, 11) is 0. The lowest BCUT2D eigenvalue weighted by Gasteiger charge is -2.03. The predicted octanol–water partition coefficient (Wildman–Crippen LogP) is 2.66. The SMILES string of the molecule is CCc1c(-c2cccc([N+](=O)[O-])c2)[nH]c(C=O)c1C(=O)O. The molecule has 1 aromatic carbocycles. The molecule has 0 spiro atoms. The van der Waals surface area contributed by atoms with Crippen LogP contribution in [0.3, 0.4) is 0 Å². The highest BCUT2D eigenvalue weighted by Gasteiger charge is 2.22. The van der Waals surface area contributed by atoms with Gasteiger partial charge in [-0.2, -0.15) is 0 Å². The number of nitrogens with one attached hydrogen (secondary N) is 1. The molecule has 0 radical (unpaired) electrons. The summed E-state index contributed by atoms with van der Waals surface area (Å²) < 4.78 is 0. The number of carboxylic acid groups (broad SMARTS) is 1. The minimum absolute atomic E-state index is 0.0409. The highest BCUT2D eigenvalue weighted by molar-refractivity contribution is 6.00. The van der Waals surface area contributed by atoms with E-state index >= 15 is 0 Å². The Labute approximate surface area is 119 Å². The standard InChI is InChI=1S/C14H12N2O5/c1-2-10-12(14(18)19)11(7-17)15-13(10)8-4-3-5-9(6-8)16(20)21/h3-7,15H,2H2,1H3,(H,18,19). The van der Waals surface area contributed by atoms with Crippen molar-refractivity contribution in [3.05, 3.63) is 51.2 Å². The number of aromatic nitrogens is 1. The van der Waals surface area contributed by atoms with Gasteiger partial charge in [0.05, 0.1) is 21.9 Å². The van der Waals surface area contributed by atoms with Crippen molar-refractivity contribution >= 4 is 17.9 Å². The normalized spacial score (nSPS) is 10.3. The van der Waals surface area contributed by atoms with Crippen molar-refractivity contribution in [2.75, 3.05) is 0 Å². The van der Waals surface area contributed by atoms with E-state index in [1.54, 1.807) is 13.0 Å². The van der Waals surface area contributed by atoms with Crippen LogP contribution in [-0.4, -0.2) is 27.3 Å². The Bertz CT molecular complexity index is 733. The molecule has 0 atom stereocenters. The van der Waals surface area contributed by atoms with Crippen molar-refractivity contribution in [1.29, 1.82) is 0 Å². The topological polar surface area (TPSA) is 113 Å². The second kappa shape index (κ2) is 5.58. The number of nitro groups is 1. The van der Waals surface area contributed by atoms with Crippen molar-refractivity contribution in [3.63, 3.8) is 0 Å². The van der Waals surface area contributed by atoms with Crippen LogP contribution in [0, 0.1) is 10.1 Å². The molecule has 2 aromatic rings. The summed E-state index contributed by atoms with van der Waals surface area (Å²) in [4.78, 5) is 35.3. The summed E-state index contributed by atoms with van der Waals surface area (Å²) >= 11 is 0. The van der Waals surface area contributed by atoms with Crippen LogP contribution in [-0.2, 0) is 6.42 Å². The lowest BCUT2D eigenvalue weighted by atomic mass is 10.0. The number of carboxylic acids is 1. The summed E-state index contributed by atoms with van der Waals surface area (Å²) in [5.74, 6) is -1.21. The molecule has 1 heterocycles. The van der Waals surface area contributed by atoms with Gasteiger partial charge in [0, 0.05) is 17.7 Å². The Kier molecular flexibility index (Phi) is 3.84. The first-order chi connectivity index (χ1) is 9.99. The molecule has 2 N–H and O–H groups in total. The van der Waals surface area contributed by atoms with Crippen LogP contribution in [0.2, 0.25) is 0 Å². The van der Waals surface area contributed by atoms with E-state index in [-0.39, 0.29) is 16.9 Å². The van der Waals surface area contributed by atoms with E-state index in [1.807, 2.05) is 0 Å². The first-order valence-electron chi connectivity index (χ1n) is 6.17. The van der Waals surface area contributed by atoms with Gasteiger partial charge in [0.15, 0.2) is 6.29 Å². The summed E-state index contributed by atoms with van der Waals surface area (Å²) in [6.07, 6.45) is 0.813. The molecular formula is C14H12N2O5. The van der Waals surface area contributed by atoms with Gasteiger partial charge in [-0.3, -0.25) is 14.9 Å². The van der Waals surface area contributed by atoms with Crippen LogP contribution in [0.1, 0.15) is 33.3 Å². The summed E-state index contributed by atoms with van der Waals surface area (Å²) in [6, 6.07) is 5.81. The maximum absolute atomic E-state index is 11.3. The molecule has 0 saturated heterocycles. The maximum atomic E-state index is 11.3. The minimum Gasteiger partial charge on any atom is -0.478 e. The lowest BCUT2D eigenvalue weighted by Crippen LogP contribution is -2.02. The number of hydrogen-bond donors (Lipinski definition) is 2. The zero-order chi connectivity index (χ0) is 15.6. The fourth-order valence-corrected chi connectivity index (χ4v) is 2.27. The molecule has 0 amide bonds. The molecule has 21 heavy (non-hydrogen) atoms. The number of nitro benzene ring substituents is 1. The van der Waals surface area contributed by atoms with Gasteiger partial charge in [0.25, 0.3) is 5.69 Å². The number of nitrogens with zero attached hydrogens (tertiary/aromatic N) is 1. The van der Waals surface area contributed by atoms with Gasteiger partial charge < -0.3 is 10.1 Å². The molecule has 0 saturated carbocycles. The number of benzene rings is 1. The van der Waals surface area contributed by atoms with Crippen LogP contribution in [0.4, 0.5) is 5.69 Å². The highest BCUT2D eigenvalue weighted by atomic mass is 16.6. The molecule has 7 nitrogen and oxygen atoms in total. The second-order valence-electron chi connectivity index (χ2n) is 4.35. The van der Waals surface area contributed by atoms with E-state index in [0.717, 1.165) is 0 Å². The number of carbonyl (C=O) groups excluding carboxylic acids is 1. The Morgan fingerprint density at radius 1 is 1.48 bits per heavy atom. The number of carbonyl (C=O) groups is 2. The van der Waals surface area contributed by atoms with Crippen LogP contribution in [0.5, 0.6) is 0 Å². The summed E-state index contributed by atoms with van der Waals surface area (Å²) in [5, 5.41) is 20.0. The lowest BCUT2D eigenvalue weighted by molar-refractivity contribution is -0.384. The largest absolute Gasteiger partial charge is 0.478 e. The average molecular weight is 288 g/mol. The van der Waals surface area contributed by atoms with Gasteiger partial charge in [-0.25, -0.2) is 4.79 Å². The number of rotatable bonds is 5. The third-order valence-electron chi connectivity index (χ3n) is 3.16. The number of H-pyrrole nitrogens is 1. The quantitative estimate of drug-likeness (QED) is 0.498. The van der Waals surface area contributed by atoms with Gasteiger partial charge in [0.2, 0.25) is 0 Å². The molecular weight excluding hydrogens is 276 g/mol. The van der Waals surface area contributed by atoms with E-state index in [9.17, 15) is 24.8 Å². The number of aromatic amines is 1. The van der Waals surface area contributed by atoms with Crippen LogP contribution >= 0.6 is 0 Å². The summed E-state index contributed by atoms with van der Waals surface area (Å²) in [6.45, 7) is 1.76. The van der Waals surface area contributed by atoms with E-state index in [2.05, 4.69) is 4.98 Å². The van der Waals surface area contributed by atoms with E-state index in [4.69, 9.17) is 0 Å². The van der Waals surface area contributed by atoms with Crippen LogP contribution in [0.15, 0.2) is 24.3 Å². The molecule has 0 bridgehead atoms. The zero-order valence-corrected chi connectivity index (χ0v) is 11.1. The molecule has 108 valence electrons. The Morgan fingerprint density at radius 3 is 2.71 bits per heavy atom. The predicted molar refractivity (Wildman–Crippen MR) is 74.6 cm³/mol. The van der Waals surface area contributed by atoms with Gasteiger partial charge in [-0.15, -0.1) is 0 Å². The first-order valence-corrected chi connectivity index (χ1v) is 6.17. The molecule has 1 aromatic heterocycles. The zero-order valence-electron chi connectivity index (χ0n) is 11.1. The van der Waals surface area contributed by atoms with E-state index in [0.29, 0.717) is 29.5 Å². The minimum atomic E-state index is -1.21. The Balaban J connectivity index is 2.69. The molecule has 0 fully saturated rings. The number of hydrogen-bond acceptors (Lipinski definition) is 4. The summed E-state index contributed by atoms with van der Waals surface area (Å²) in [5.41, 5.74) is 1.10. The van der Waals surface area contributed by atoms with Crippen molar-refractivity contribution in [1.82, 2.24) is 4.98 Å². The van der Waals surface area contributed by atoms with Gasteiger partial charge in [0.1, 0.15) is 0 Å². The van der Waals surface area contributed by atoms with Crippen LogP contribution in [0.25, 0.3) is 11.3 Å². The number of aromatic carboxylic acids is 1. The molecule has 0 aliphatic carbocycles. The molecule has 0 unspecified atom stereocenters. The van der Waals surface area contributed by atoms with Crippen LogP contribution < -0.4 is 0 Å². The maximum Gasteiger partial charge on any atom is 0.338 e. The van der Waals surface area contributed by atoms with Gasteiger partial charge in [-0.1, -0.05) is 19.1 Å². The molecule has 0 aliphatic heterocycles. The molecule has 7 heteroatoms. The smallest absolute Gasteiger partial charge is 0.338 e. The Hall–Kier alpha value is -2.96. The number of aldehydes is 1. The van der Waals surface area contributed by atoms with Crippen molar-refractivity contribution in [2.24, 2.45) is 0 Å². The van der Waals surface area contributed by atoms with Crippen molar-refractivity contribution in [2.45, 2.75) is 13.3 Å². The average Bonchev–Trinajstić information content (AvgIpc) is 2.86. The van der Waals surface area contributed by atoms with Crippen molar-refractivity contribution in [3.8, 4) is 11.3 Å². The fourth-order valence-electron chi connectivity index (χ4n) is 2.27. The molecule has 0 aliphatic rings. The third kappa shape index (κ3) is 2.53. The van der Waals surface area contributed by atoms with Crippen molar-refractivity contribution < 1.29 is 19.6 Å². The molecule has 2 rings (SSSR count). The van der Waals surface area contributed by atoms with E-state index < -0.39 is 10.9 Å². The van der Waals surface area contributed by atoms with E-state index in [1.165, 1.54) is 18.2 Å². The third-order valence-corrected chi connectivity index (χ3v) is 3.16. The highest BCUT2D eigenvalue weighted by Crippen LogP contribution is 2.30. The first kappa shape index (κ1) is 14.4. The van der Waals surface area contributed by atoms with Gasteiger partial charge in [-0.05, 0) is 12.0 Å². The van der Waals surface area contributed by atoms with Gasteiger partial charge >= 0.3 is 5.97 Å². The fraction of sp³-hybridized carbons (Fsp3) is 0.143. The monoisotopic (exact) mass is 288 g/mol.